The third-order valence-electron chi connectivity index (χ3n) is 5.59. The highest BCUT2D eigenvalue weighted by atomic mass is 35.5. The van der Waals surface area contributed by atoms with Crippen molar-refractivity contribution in [3.8, 4) is 11.1 Å². The molecule has 0 unspecified atom stereocenters. The van der Waals surface area contributed by atoms with Crippen LogP contribution in [0, 0.1) is 11.8 Å². The second kappa shape index (κ2) is 5.41. The Kier molecular flexibility index (Phi) is 3.27. The molecule has 3 aliphatic heterocycles. The summed E-state index contributed by atoms with van der Waals surface area (Å²) < 4.78 is 5.77. The smallest absolute Gasteiger partial charge is 0.240 e. The number of halogens is 1. The first-order valence-electron chi connectivity index (χ1n) is 8.53. The van der Waals surface area contributed by atoms with E-state index in [-0.39, 0.29) is 35.9 Å². The number of amides is 2. The zero-order valence-corrected chi connectivity index (χ0v) is 14.1. The summed E-state index contributed by atoms with van der Waals surface area (Å²) in [7, 11) is 0. The molecule has 4 atom stereocenters. The van der Waals surface area contributed by atoms with Gasteiger partial charge in [-0.05, 0) is 48.2 Å². The molecule has 0 radical (unpaired) electrons. The van der Waals surface area contributed by atoms with Gasteiger partial charge in [-0.3, -0.25) is 9.59 Å². The molecule has 0 aliphatic carbocycles. The Morgan fingerprint density at radius 2 is 1.28 bits per heavy atom. The molecule has 3 fully saturated rings. The maximum absolute atomic E-state index is 12.8. The number of carbonyl (C=O) groups is 2. The van der Waals surface area contributed by atoms with Crippen LogP contribution in [0.5, 0.6) is 0 Å². The molecule has 3 heterocycles. The standard InChI is InChI=1S/C20H16ClNO3/c21-13-5-1-11(2-6-13)12-3-7-14(8-4-12)22-19(23)17-15-9-10-16(25-15)18(17)20(22)24/h1-8,15-18H,9-10H2/t15-,16-,17-,18-/m0/s1. The highest BCUT2D eigenvalue weighted by molar-refractivity contribution is 6.30. The van der Waals surface area contributed by atoms with Crippen molar-refractivity contribution in [1.82, 2.24) is 0 Å². The number of hydrogen-bond acceptors (Lipinski definition) is 3. The highest BCUT2D eigenvalue weighted by Gasteiger charge is 2.62. The number of rotatable bonds is 2. The fourth-order valence-electron chi connectivity index (χ4n) is 4.41. The van der Waals surface area contributed by atoms with Gasteiger partial charge in [0.1, 0.15) is 0 Å². The minimum Gasteiger partial charge on any atom is -0.373 e. The summed E-state index contributed by atoms with van der Waals surface area (Å²) in [5, 5.41) is 0.692. The van der Waals surface area contributed by atoms with E-state index in [1.54, 1.807) is 0 Å². The summed E-state index contributed by atoms with van der Waals surface area (Å²) in [5.74, 6) is -0.799. The number of imide groups is 1. The lowest BCUT2D eigenvalue weighted by molar-refractivity contribution is -0.124. The van der Waals surface area contributed by atoms with Gasteiger partial charge in [0.2, 0.25) is 11.8 Å². The summed E-state index contributed by atoms with van der Waals surface area (Å²) >= 11 is 5.93. The number of hydrogen-bond donors (Lipinski definition) is 0. The van der Waals surface area contributed by atoms with E-state index in [1.807, 2.05) is 48.5 Å². The van der Waals surface area contributed by atoms with Crippen molar-refractivity contribution in [2.75, 3.05) is 4.90 Å². The average Bonchev–Trinajstić information content (AvgIpc) is 3.30. The second-order valence-corrected chi connectivity index (χ2v) is 7.34. The molecule has 3 aliphatic rings. The SMILES string of the molecule is O=C1[C@@H]2[C@@H](C(=O)N1c1ccc(-c3ccc(Cl)cc3)cc1)[C@@H]1CC[C@@H]2O1. The molecular formula is C20H16ClNO3. The molecule has 0 aromatic heterocycles. The number of fused-ring (bicyclic) bond motifs is 5. The summed E-state index contributed by atoms with van der Waals surface area (Å²) in [6, 6.07) is 15.1. The summed E-state index contributed by atoms with van der Waals surface area (Å²) in [4.78, 5) is 26.9. The molecule has 0 saturated carbocycles. The third-order valence-corrected chi connectivity index (χ3v) is 5.84. The Morgan fingerprint density at radius 3 is 1.80 bits per heavy atom. The molecule has 25 heavy (non-hydrogen) atoms. The molecule has 2 amide bonds. The monoisotopic (exact) mass is 353 g/mol. The first-order chi connectivity index (χ1) is 12.1. The van der Waals surface area contributed by atoms with Crippen molar-refractivity contribution in [3.05, 3.63) is 53.6 Å². The van der Waals surface area contributed by atoms with Crippen molar-refractivity contribution in [2.45, 2.75) is 25.0 Å². The van der Waals surface area contributed by atoms with Crippen LogP contribution in [0.15, 0.2) is 48.5 Å². The predicted molar refractivity (Wildman–Crippen MR) is 94.3 cm³/mol. The van der Waals surface area contributed by atoms with Gasteiger partial charge in [-0.1, -0.05) is 35.9 Å². The molecular weight excluding hydrogens is 338 g/mol. The number of nitrogens with zero attached hydrogens (tertiary/aromatic N) is 1. The van der Waals surface area contributed by atoms with Gasteiger partial charge in [-0.15, -0.1) is 0 Å². The first-order valence-corrected chi connectivity index (χ1v) is 8.90. The Balaban J connectivity index is 1.45. The van der Waals surface area contributed by atoms with Gasteiger partial charge in [0.15, 0.2) is 0 Å². The molecule has 2 bridgehead atoms. The predicted octanol–water partition coefficient (Wildman–Crippen LogP) is 3.67. The maximum atomic E-state index is 12.8. The van der Waals surface area contributed by atoms with Crippen molar-refractivity contribution in [2.24, 2.45) is 11.8 Å². The first kappa shape index (κ1) is 15.1. The highest BCUT2D eigenvalue weighted by Crippen LogP contribution is 2.49. The quantitative estimate of drug-likeness (QED) is 0.774. The molecule has 2 aromatic carbocycles. The molecule has 4 nitrogen and oxygen atoms in total. The molecule has 3 saturated heterocycles. The molecule has 126 valence electrons. The number of ether oxygens (including phenoxy) is 1. The summed E-state index contributed by atoms with van der Waals surface area (Å²) in [6.07, 6.45) is 1.61. The molecule has 2 aromatic rings. The third kappa shape index (κ3) is 2.17. The van der Waals surface area contributed by atoms with Gasteiger partial charge < -0.3 is 4.74 Å². The molecule has 0 spiro atoms. The minimum absolute atomic E-state index is 0.0789. The number of benzene rings is 2. The van der Waals surface area contributed by atoms with Crippen molar-refractivity contribution >= 4 is 29.1 Å². The van der Waals surface area contributed by atoms with Crippen LogP contribution < -0.4 is 4.90 Å². The van der Waals surface area contributed by atoms with E-state index in [0.717, 1.165) is 24.0 Å². The summed E-state index contributed by atoms with van der Waals surface area (Å²) in [5.41, 5.74) is 2.70. The molecule has 0 N–H and O–H groups in total. The van der Waals surface area contributed by atoms with E-state index in [1.165, 1.54) is 4.90 Å². The van der Waals surface area contributed by atoms with Crippen LogP contribution >= 0.6 is 11.6 Å². The van der Waals surface area contributed by atoms with Crippen molar-refractivity contribution < 1.29 is 14.3 Å². The lowest BCUT2D eigenvalue weighted by Gasteiger charge is -2.18. The fraction of sp³-hybridized carbons (Fsp3) is 0.300. The van der Waals surface area contributed by atoms with Crippen LogP contribution in [0.3, 0.4) is 0 Å². The Labute approximate surface area is 150 Å². The van der Waals surface area contributed by atoms with Crippen molar-refractivity contribution in [3.63, 3.8) is 0 Å². The lowest BCUT2D eigenvalue weighted by Crippen LogP contribution is -2.34. The lowest BCUT2D eigenvalue weighted by atomic mass is 9.81. The van der Waals surface area contributed by atoms with E-state index < -0.39 is 0 Å². The van der Waals surface area contributed by atoms with Gasteiger partial charge in [0.05, 0.1) is 29.7 Å². The Hall–Kier alpha value is -2.17. The Bertz CT molecular complexity index is 834. The van der Waals surface area contributed by atoms with Crippen LogP contribution in [0.4, 0.5) is 5.69 Å². The summed E-state index contributed by atoms with van der Waals surface area (Å²) in [6.45, 7) is 0. The van der Waals surface area contributed by atoms with Gasteiger partial charge in [0.25, 0.3) is 0 Å². The van der Waals surface area contributed by atoms with Gasteiger partial charge >= 0.3 is 0 Å². The number of carbonyl (C=O) groups excluding carboxylic acids is 2. The zero-order chi connectivity index (χ0) is 17.1. The van der Waals surface area contributed by atoms with Crippen LogP contribution in [0.25, 0.3) is 11.1 Å². The second-order valence-electron chi connectivity index (χ2n) is 6.91. The van der Waals surface area contributed by atoms with Crippen LogP contribution in [-0.2, 0) is 14.3 Å². The molecule has 5 rings (SSSR count). The Morgan fingerprint density at radius 1 is 0.800 bits per heavy atom. The van der Waals surface area contributed by atoms with Crippen LogP contribution in [0.2, 0.25) is 5.02 Å². The van der Waals surface area contributed by atoms with Gasteiger partial charge in [-0.25, -0.2) is 4.90 Å². The largest absolute Gasteiger partial charge is 0.373 e. The van der Waals surface area contributed by atoms with Crippen molar-refractivity contribution in [1.29, 1.82) is 0 Å². The molecule has 5 heteroatoms. The van der Waals surface area contributed by atoms with Gasteiger partial charge in [-0.2, -0.15) is 0 Å². The fourth-order valence-corrected chi connectivity index (χ4v) is 4.54. The van der Waals surface area contributed by atoms with Crippen LogP contribution in [0.1, 0.15) is 12.8 Å². The van der Waals surface area contributed by atoms with E-state index in [2.05, 4.69) is 0 Å². The zero-order valence-electron chi connectivity index (χ0n) is 13.4. The number of anilines is 1. The van der Waals surface area contributed by atoms with E-state index in [4.69, 9.17) is 16.3 Å². The van der Waals surface area contributed by atoms with E-state index >= 15 is 0 Å². The van der Waals surface area contributed by atoms with Crippen LogP contribution in [-0.4, -0.2) is 24.0 Å². The topological polar surface area (TPSA) is 46.6 Å². The minimum atomic E-state index is -0.290. The average molecular weight is 354 g/mol. The normalized spacial score (nSPS) is 30.2. The van der Waals surface area contributed by atoms with Gasteiger partial charge in [0, 0.05) is 5.02 Å². The maximum Gasteiger partial charge on any atom is 0.240 e. The van der Waals surface area contributed by atoms with E-state index in [0.29, 0.717) is 10.7 Å². The van der Waals surface area contributed by atoms with E-state index in [9.17, 15) is 9.59 Å².